The summed E-state index contributed by atoms with van der Waals surface area (Å²) in [6.07, 6.45) is 3.79. The Morgan fingerprint density at radius 1 is 1.35 bits per heavy atom. The minimum Gasteiger partial charge on any atom is -0.481 e. The van der Waals surface area contributed by atoms with Crippen LogP contribution in [0.25, 0.3) is 11.1 Å². The molecular weight excluding hydrogens is 254 g/mol. The van der Waals surface area contributed by atoms with Crippen LogP contribution in [-0.2, 0) is 11.2 Å². The largest absolute Gasteiger partial charge is 0.481 e. The number of aliphatic carboxylic acids is 1. The molecule has 0 amide bonds. The first kappa shape index (κ1) is 13.2. The zero-order valence-electron chi connectivity index (χ0n) is 11.9. The van der Waals surface area contributed by atoms with E-state index in [1.54, 1.807) is 0 Å². The Bertz CT molecular complexity index is 666. The maximum absolute atomic E-state index is 11.6. The second-order valence-electron chi connectivity index (χ2n) is 6.01. The van der Waals surface area contributed by atoms with E-state index >= 15 is 0 Å². The van der Waals surface area contributed by atoms with Crippen molar-refractivity contribution >= 4 is 17.1 Å². The lowest BCUT2D eigenvalue weighted by Crippen LogP contribution is -2.30. The van der Waals surface area contributed by atoms with Crippen LogP contribution in [0.15, 0.2) is 16.5 Å². The summed E-state index contributed by atoms with van der Waals surface area (Å²) in [4.78, 5) is 16.1. The molecule has 4 nitrogen and oxygen atoms in total. The molecule has 0 bridgehead atoms. The van der Waals surface area contributed by atoms with E-state index in [9.17, 15) is 9.90 Å². The molecular formula is C16H19NO3. The predicted molar refractivity (Wildman–Crippen MR) is 75.7 cm³/mol. The molecule has 4 heteroatoms. The first-order valence-electron chi connectivity index (χ1n) is 7.10. The number of rotatable bonds is 3. The Morgan fingerprint density at radius 2 is 2.05 bits per heavy atom. The maximum Gasteiger partial charge on any atom is 0.310 e. The van der Waals surface area contributed by atoms with Gasteiger partial charge >= 0.3 is 5.97 Å². The van der Waals surface area contributed by atoms with Crippen LogP contribution >= 0.6 is 0 Å². The van der Waals surface area contributed by atoms with E-state index in [2.05, 4.69) is 11.1 Å². The highest BCUT2D eigenvalue weighted by molar-refractivity contribution is 5.78. The number of fused-ring (bicyclic) bond motifs is 1. The van der Waals surface area contributed by atoms with Crippen LogP contribution in [0, 0.1) is 19.3 Å². The van der Waals surface area contributed by atoms with Gasteiger partial charge < -0.3 is 9.52 Å². The topological polar surface area (TPSA) is 63.3 Å². The summed E-state index contributed by atoms with van der Waals surface area (Å²) < 4.78 is 5.82. The Kier molecular flexibility index (Phi) is 3.04. The van der Waals surface area contributed by atoms with Crippen molar-refractivity contribution in [2.75, 3.05) is 0 Å². The quantitative estimate of drug-likeness (QED) is 0.927. The van der Waals surface area contributed by atoms with Crippen LogP contribution in [0.3, 0.4) is 0 Å². The van der Waals surface area contributed by atoms with Crippen molar-refractivity contribution in [3.05, 3.63) is 29.2 Å². The molecule has 1 fully saturated rings. The first-order valence-corrected chi connectivity index (χ1v) is 7.10. The van der Waals surface area contributed by atoms with Gasteiger partial charge in [0.15, 0.2) is 11.5 Å². The van der Waals surface area contributed by atoms with Crippen molar-refractivity contribution in [2.24, 2.45) is 5.41 Å². The fourth-order valence-corrected chi connectivity index (χ4v) is 3.31. The second-order valence-corrected chi connectivity index (χ2v) is 6.01. The third-order valence-corrected chi connectivity index (χ3v) is 4.37. The minimum atomic E-state index is -0.717. The summed E-state index contributed by atoms with van der Waals surface area (Å²) in [5.41, 5.74) is 3.13. The lowest BCUT2D eigenvalue weighted by atomic mass is 9.83. The smallest absolute Gasteiger partial charge is 0.310 e. The summed E-state index contributed by atoms with van der Waals surface area (Å²) in [5, 5.41) is 9.53. The van der Waals surface area contributed by atoms with Gasteiger partial charge in [-0.25, -0.2) is 4.98 Å². The molecule has 1 aliphatic carbocycles. The number of carbonyl (C=O) groups is 1. The van der Waals surface area contributed by atoms with Gasteiger partial charge in [0.2, 0.25) is 0 Å². The second kappa shape index (κ2) is 4.62. The molecule has 1 saturated carbocycles. The molecule has 1 aromatic heterocycles. The molecule has 0 radical (unpaired) electrons. The highest BCUT2D eigenvalue weighted by Crippen LogP contribution is 2.41. The van der Waals surface area contributed by atoms with Gasteiger partial charge in [-0.3, -0.25) is 4.79 Å². The number of aryl methyl sites for hydroxylation is 2. The number of hydrogen-bond acceptors (Lipinski definition) is 3. The van der Waals surface area contributed by atoms with Crippen LogP contribution < -0.4 is 0 Å². The molecule has 0 saturated heterocycles. The normalized spacial score (nSPS) is 17.7. The maximum atomic E-state index is 11.6. The number of nitrogens with zero attached hydrogens (tertiary/aromatic N) is 1. The SMILES string of the molecule is Cc1cc(C)c2oc(CC3(C(=O)O)CCCC3)nc2c1. The number of oxazole rings is 1. The van der Waals surface area contributed by atoms with Crippen molar-refractivity contribution in [3.8, 4) is 0 Å². The molecule has 1 aliphatic rings. The average Bonchev–Trinajstić information content (AvgIpc) is 2.97. The van der Waals surface area contributed by atoms with Gasteiger partial charge in [0, 0.05) is 6.42 Å². The third-order valence-electron chi connectivity index (χ3n) is 4.37. The first-order chi connectivity index (χ1) is 9.50. The number of carboxylic acid groups (broad SMARTS) is 1. The standard InChI is InChI=1S/C16H19NO3/c1-10-7-11(2)14-12(8-10)17-13(20-14)9-16(15(18)19)5-3-4-6-16/h7-8H,3-6,9H2,1-2H3,(H,18,19). The summed E-state index contributed by atoms with van der Waals surface area (Å²) in [6, 6.07) is 4.04. The highest BCUT2D eigenvalue weighted by atomic mass is 16.4. The molecule has 106 valence electrons. The van der Waals surface area contributed by atoms with E-state index in [0.29, 0.717) is 12.3 Å². The zero-order chi connectivity index (χ0) is 14.3. The van der Waals surface area contributed by atoms with E-state index < -0.39 is 11.4 Å². The summed E-state index contributed by atoms with van der Waals surface area (Å²) in [5.74, 6) is -0.164. The average molecular weight is 273 g/mol. The number of aromatic nitrogens is 1. The minimum absolute atomic E-state index is 0.398. The Balaban J connectivity index is 1.98. The third kappa shape index (κ3) is 2.09. The lowest BCUT2D eigenvalue weighted by molar-refractivity contribution is -0.148. The van der Waals surface area contributed by atoms with Crippen molar-refractivity contribution in [2.45, 2.75) is 46.0 Å². The highest BCUT2D eigenvalue weighted by Gasteiger charge is 2.42. The van der Waals surface area contributed by atoms with Gasteiger partial charge in [-0.2, -0.15) is 0 Å². The summed E-state index contributed by atoms with van der Waals surface area (Å²) in [7, 11) is 0. The molecule has 1 heterocycles. The van der Waals surface area contributed by atoms with Crippen LogP contribution in [0.4, 0.5) is 0 Å². The fraction of sp³-hybridized carbons (Fsp3) is 0.500. The van der Waals surface area contributed by atoms with Crippen LogP contribution in [-0.4, -0.2) is 16.1 Å². The van der Waals surface area contributed by atoms with Gasteiger partial charge in [-0.05, 0) is 43.9 Å². The monoisotopic (exact) mass is 273 g/mol. The van der Waals surface area contributed by atoms with Crippen LogP contribution in [0.5, 0.6) is 0 Å². The van der Waals surface area contributed by atoms with Crippen LogP contribution in [0.1, 0.15) is 42.7 Å². The molecule has 1 aromatic carbocycles. The van der Waals surface area contributed by atoms with Crippen molar-refractivity contribution < 1.29 is 14.3 Å². The van der Waals surface area contributed by atoms with Crippen molar-refractivity contribution in [3.63, 3.8) is 0 Å². The molecule has 1 N–H and O–H groups in total. The fourth-order valence-electron chi connectivity index (χ4n) is 3.31. The molecule has 0 atom stereocenters. The van der Waals surface area contributed by atoms with E-state index in [0.717, 1.165) is 47.9 Å². The van der Waals surface area contributed by atoms with Gasteiger partial charge in [0.05, 0.1) is 5.41 Å². The number of benzene rings is 1. The Labute approximate surface area is 117 Å². The summed E-state index contributed by atoms with van der Waals surface area (Å²) in [6.45, 7) is 4.02. The molecule has 2 aromatic rings. The molecule has 3 rings (SSSR count). The Hall–Kier alpha value is -1.84. The lowest BCUT2D eigenvalue weighted by Gasteiger charge is -2.21. The zero-order valence-corrected chi connectivity index (χ0v) is 11.9. The van der Waals surface area contributed by atoms with Crippen molar-refractivity contribution in [1.29, 1.82) is 0 Å². The number of hydrogen-bond donors (Lipinski definition) is 1. The Morgan fingerprint density at radius 3 is 2.70 bits per heavy atom. The van der Waals surface area contributed by atoms with Crippen molar-refractivity contribution in [1.82, 2.24) is 4.98 Å². The number of carboxylic acids is 1. The van der Waals surface area contributed by atoms with Gasteiger partial charge in [-0.15, -0.1) is 0 Å². The van der Waals surface area contributed by atoms with Crippen LogP contribution in [0.2, 0.25) is 0 Å². The predicted octanol–water partition coefficient (Wildman–Crippen LogP) is 3.63. The van der Waals surface area contributed by atoms with E-state index in [1.807, 2.05) is 19.9 Å². The summed E-state index contributed by atoms with van der Waals surface area (Å²) >= 11 is 0. The molecule has 0 spiro atoms. The van der Waals surface area contributed by atoms with Gasteiger partial charge in [0.1, 0.15) is 5.52 Å². The molecule has 0 aliphatic heterocycles. The van der Waals surface area contributed by atoms with Gasteiger partial charge in [0.25, 0.3) is 0 Å². The van der Waals surface area contributed by atoms with Gasteiger partial charge in [-0.1, -0.05) is 18.9 Å². The molecule has 0 unspecified atom stereocenters. The molecule has 20 heavy (non-hydrogen) atoms. The van der Waals surface area contributed by atoms with E-state index in [1.165, 1.54) is 0 Å². The van der Waals surface area contributed by atoms with E-state index in [-0.39, 0.29) is 0 Å². The van der Waals surface area contributed by atoms with E-state index in [4.69, 9.17) is 4.42 Å².